The highest BCUT2D eigenvalue weighted by Crippen LogP contribution is 2.17. The van der Waals surface area contributed by atoms with E-state index in [2.05, 4.69) is 28.1 Å². The van der Waals surface area contributed by atoms with Gasteiger partial charge in [-0.05, 0) is 17.3 Å². The third-order valence-electron chi connectivity index (χ3n) is 2.55. The van der Waals surface area contributed by atoms with Crippen LogP contribution in [0.15, 0.2) is 49.2 Å². The maximum absolute atomic E-state index is 4.28. The van der Waals surface area contributed by atoms with Crippen molar-refractivity contribution in [2.24, 2.45) is 0 Å². The zero-order chi connectivity index (χ0) is 11.7. The minimum absolute atomic E-state index is 0.562. The van der Waals surface area contributed by atoms with Crippen molar-refractivity contribution in [3.8, 4) is 5.95 Å². The summed E-state index contributed by atoms with van der Waals surface area (Å²) in [6, 6.07) is 10.1. The Bertz CT molecular complexity index is 664. The molecule has 0 amide bonds. The molecule has 3 aromatic rings. The van der Waals surface area contributed by atoms with Gasteiger partial charge in [-0.2, -0.15) is 4.80 Å². The summed E-state index contributed by atoms with van der Waals surface area (Å²) in [6.45, 7) is 4.20. The van der Waals surface area contributed by atoms with E-state index in [0.29, 0.717) is 12.5 Å². The van der Waals surface area contributed by atoms with Crippen LogP contribution in [0, 0.1) is 0 Å². The Kier molecular flexibility index (Phi) is 2.22. The van der Waals surface area contributed by atoms with Crippen LogP contribution in [0.1, 0.15) is 0 Å². The molecule has 5 nitrogen and oxygen atoms in total. The summed E-state index contributed by atoms with van der Waals surface area (Å²) in [5, 5.41) is 13.4. The van der Waals surface area contributed by atoms with Crippen molar-refractivity contribution in [3.63, 3.8) is 0 Å². The predicted molar refractivity (Wildman–Crippen MR) is 64.8 cm³/mol. The van der Waals surface area contributed by atoms with E-state index in [0.717, 1.165) is 10.9 Å². The summed E-state index contributed by atoms with van der Waals surface area (Å²) in [5.74, 6) is 0.577. The van der Waals surface area contributed by atoms with Gasteiger partial charge in [0.15, 0.2) is 0 Å². The monoisotopic (exact) mass is 225 g/mol. The van der Waals surface area contributed by atoms with Crippen LogP contribution in [-0.2, 0) is 6.54 Å². The molecule has 2 heterocycles. The Morgan fingerprint density at radius 3 is 3.00 bits per heavy atom. The second-order valence-electron chi connectivity index (χ2n) is 3.68. The highest BCUT2D eigenvalue weighted by Gasteiger charge is 2.07. The highest BCUT2D eigenvalue weighted by atomic mass is 15.6. The van der Waals surface area contributed by atoms with Crippen LogP contribution in [0.2, 0.25) is 0 Å². The first-order valence-electron chi connectivity index (χ1n) is 5.33. The van der Waals surface area contributed by atoms with Crippen molar-refractivity contribution in [3.05, 3.63) is 49.2 Å². The number of nitrogens with zero attached hydrogens (tertiary/aromatic N) is 5. The average Bonchev–Trinajstić information content (AvgIpc) is 2.95. The van der Waals surface area contributed by atoms with Crippen molar-refractivity contribution in [2.75, 3.05) is 0 Å². The first kappa shape index (κ1) is 9.77. The Hall–Kier alpha value is -2.43. The summed E-state index contributed by atoms with van der Waals surface area (Å²) in [7, 11) is 0. The molecule has 0 fully saturated rings. The molecule has 3 rings (SSSR count). The van der Waals surface area contributed by atoms with Crippen molar-refractivity contribution in [1.29, 1.82) is 0 Å². The maximum Gasteiger partial charge on any atom is 0.274 e. The van der Waals surface area contributed by atoms with E-state index >= 15 is 0 Å². The van der Waals surface area contributed by atoms with Gasteiger partial charge in [0, 0.05) is 11.6 Å². The summed E-state index contributed by atoms with van der Waals surface area (Å²) < 4.78 is 1.92. The standard InChI is InChI=1S/C12H11N5/c1-2-8-17-14-12(13-15-17)16-9-7-10-5-3-4-6-11(10)16/h2-7,9H,1,8H2. The lowest BCUT2D eigenvalue weighted by Gasteiger charge is -1.97. The molecule has 0 radical (unpaired) electrons. The van der Waals surface area contributed by atoms with Crippen molar-refractivity contribution in [2.45, 2.75) is 6.54 Å². The predicted octanol–water partition coefficient (Wildman–Crippen LogP) is 1.80. The highest BCUT2D eigenvalue weighted by molar-refractivity contribution is 5.81. The number of aromatic nitrogens is 5. The molecule has 17 heavy (non-hydrogen) atoms. The lowest BCUT2D eigenvalue weighted by Crippen LogP contribution is -2.00. The third-order valence-corrected chi connectivity index (χ3v) is 2.55. The molecule has 0 N–H and O–H groups in total. The van der Waals surface area contributed by atoms with E-state index in [1.54, 1.807) is 6.08 Å². The topological polar surface area (TPSA) is 48.5 Å². The number of para-hydroxylation sites is 1. The van der Waals surface area contributed by atoms with Crippen LogP contribution >= 0.6 is 0 Å². The zero-order valence-corrected chi connectivity index (χ0v) is 9.19. The zero-order valence-electron chi connectivity index (χ0n) is 9.19. The van der Waals surface area contributed by atoms with Crippen LogP contribution in [0.5, 0.6) is 0 Å². The van der Waals surface area contributed by atoms with E-state index in [1.165, 1.54) is 4.80 Å². The Labute approximate surface area is 98.0 Å². The van der Waals surface area contributed by atoms with Crippen molar-refractivity contribution < 1.29 is 0 Å². The first-order chi connectivity index (χ1) is 8.38. The second kappa shape index (κ2) is 3.86. The quantitative estimate of drug-likeness (QED) is 0.639. The van der Waals surface area contributed by atoms with Gasteiger partial charge in [0.05, 0.1) is 12.1 Å². The Balaban J connectivity index is 2.10. The summed E-state index contributed by atoms with van der Waals surface area (Å²) in [4.78, 5) is 1.51. The normalized spacial score (nSPS) is 10.8. The van der Waals surface area contributed by atoms with E-state index in [4.69, 9.17) is 0 Å². The minimum atomic E-state index is 0.562. The largest absolute Gasteiger partial charge is 0.283 e. The first-order valence-corrected chi connectivity index (χ1v) is 5.33. The SMILES string of the molecule is C=CCn1nnc(-n2ccc3ccccc32)n1. The van der Waals surface area contributed by atoms with Gasteiger partial charge in [-0.3, -0.25) is 4.57 Å². The lowest BCUT2D eigenvalue weighted by atomic mass is 10.2. The molecule has 0 saturated heterocycles. The Morgan fingerprint density at radius 2 is 2.12 bits per heavy atom. The fourth-order valence-corrected chi connectivity index (χ4v) is 1.78. The molecule has 0 aliphatic heterocycles. The summed E-state index contributed by atoms with van der Waals surface area (Å²) in [6.07, 6.45) is 3.68. The molecule has 0 atom stereocenters. The molecule has 84 valence electrons. The van der Waals surface area contributed by atoms with Crippen LogP contribution < -0.4 is 0 Å². The number of tetrazole rings is 1. The molecular formula is C12H11N5. The minimum Gasteiger partial charge on any atom is -0.283 e. The van der Waals surface area contributed by atoms with Gasteiger partial charge in [-0.25, -0.2) is 0 Å². The van der Waals surface area contributed by atoms with Gasteiger partial charge < -0.3 is 0 Å². The molecule has 1 aromatic carbocycles. The van der Waals surface area contributed by atoms with E-state index < -0.39 is 0 Å². The molecule has 5 heteroatoms. The van der Waals surface area contributed by atoms with Gasteiger partial charge in [-0.1, -0.05) is 29.4 Å². The van der Waals surface area contributed by atoms with E-state index in [9.17, 15) is 0 Å². The molecule has 0 aliphatic rings. The molecule has 0 saturated carbocycles. The van der Waals surface area contributed by atoms with Gasteiger partial charge >= 0.3 is 0 Å². The number of rotatable bonds is 3. The number of fused-ring (bicyclic) bond motifs is 1. The Morgan fingerprint density at radius 1 is 1.24 bits per heavy atom. The van der Waals surface area contributed by atoms with E-state index in [-0.39, 0.29) is 0 Å². The fourth-order valence-electron chi connectivity index (χ4n) is 1.78. The van der Waals surface area contributed by atoms with Crippen LogP contribution in [0.25, 0.3) is 16.9 Å². The van der Waals surface area contributed by atoms with Crippen molar-refractivity contribution in [1.82, 2.24) is 24.8 Å². The van der Waals surface area contributed by atoms with E-state index in [1.807, 2.05) is 35.0 Å². The second-order valence-corrected chi connectivity index (χ2v) is 3.68. The van der Waals surface area contributed by atoms with Crippen molar-refractivity contribution >= 4 is 10.9 Å². The fraction of sp³-hybridized carbons (Fsp3) is 0.0833. The number of hydrogen-bond donors (Lipinski definition) is 0. The summed E-state index contributed by atoms with van der Waals surface area (Å²) in [5.41, 5.74) is 1.07. The number of allylic oxidation sites excluding steroid dienone is 1. The summed E-state index contributed by atoms with van der Waals surface area (Å²) >= 11 is 0. The van der Waals surface area contributed by atoms with Crippen LogP contribution in [0.4, 0.5) is 0 Å². The van der Waals surface area contributed by atoms with Crippen LogP contribution in [-0.4, -0.2) is 24.8 Å². The number of benzene rings is 1. The molecule has 2 aromatic heterocycles. The maximum atomic E-state index is 4.28. The molecular weight excluding hydrogens is 214 g/mol. The van der Waals surface area contributed by atoms with Gasteiger partial charge in [0.25, 0.3) is 5.95 Å². The smallest absolute Gasteiger partial charge is 0.274 e. The van der Waals surface area contributed by atoms with Gasteiger partial charge in [0.1, 0.15) is 0 Å². The van der Waals surface area contributed by atoms with Gasteiger partial charge in [0.2, 0.25) is 0 Å². The third kappa shape index (κ3) is 1.61. The molecule has 0 unspecified atom stereocenters. The van der Waals surface area contributed by atoms with Crippen LogP contribution in [0.3, 0.4) is 0 Å². The molecule has 0 spiro atoms. The number of hydrogen-bond acceptors (Lipinski definition) is 3. The molecule has 0 aliphatic carbocycles. The van der Waals surface area contributed by atoms with Gasteiger partial charge in [-0.15, -0.1) is 11.7 Å². The average molecular weight is 225 g/mol. The molecule has 0 bridgehead atoms. The lowest BCUT2D eigenvalue weighted by molar-refractivity contribution is 0.582.